The van der Waals surface area contributed by atoms with Crippen molar-refractivity contribution in [1.29, 1.82) is 0 Å². The molecule has 1 aromatic rings. The molecule has 1 aromatic carbocycles. The fourth-order valence-corrected chi connectivity index (χ4v) is 2.06. The van der Waals surface area contributed by atoms with Crippen molar-refractivity contribution in [3.63, 3.8) is 0 Å². The number of hydrogen-bond donors (Lipinski definition) is 2. The van der Waals surface area contributed by atoms with Crippen molar-refractivity contribution in [2.24, 2.45) is 0 Å². The van der Waals surface area contributed by atoms with Gasteiger partial charge in [-0.25, -0.2) is 4.79 Å². The summed E-state index contributed by atoms with van der Waals surface area (Å²) in [4.78, 5) is 11.7. The number of rotatable bonds is 3. The molecule has 5 nitrogen and oxygen atoms in total. The summed E-state index contributed by atoms with van der Waals surface area (Å²) < 4.78 is 49.1. The molecule has 1 atom stereocenters. The first-order chi connectivity index (χ1) is 10.4. The number of nitrogens with one attached hydrogen (secondary N) is 2. The van der Waals surface area contributed by atoms with E-state index in [0.29, 0.717) is 19.8 Å². The molecule has 0 radical (unpaired) electrons. The average molecular weight is 339 g/mol. The number of ether oxygens (including phenoxy) is 2. The molecule has 1 saturated heterocycles. The number of benzene rings is 1. The minimum atomic E-state index is -4.62. The Morgan fingerprint density at radius 3 is 2.77 bits per heavy atom. The lowest BCUT2D eigenvalue weighted by Crippen LogP contribution is -2.41. The second-order valence-electron chi connectivity index (χ2n) is 4.59. The molecule has 9 heteroatoms. The van der Waals surface area contributed by atoms with E-state index in [9.17, 15) is 18.0 Å². The van der Waals surface area contributed by atoms with Gasteiger partial charge in [0.1, 0.15) is 0 Å². The quantitative estimate of drug-likeness (QED) is 0.891. The fraction of sp³-hybridized carbons (Fsp3) is 0.462. The highest BCUT2D eigenvalue weighted by Gasteiger charge is 2.34. The summed E-state index contributed by atoms with van der Waals surface area (Å²) in [5, 5.41) is 4.53. The minimum absolute atomic E-state index is 0.0639. The second-order valence-corrected chi connectivity index (χ2v) is 5.03. The molecule has 0 aliphatic carbocycles. The van der Waals surface area contributed by atoms with Gasteiger partial charge in [-0.3, -0.25) is 0 Å². The van der Waals surface area contributed by atoms with Crippen LogP contribution in [0.3, 0.4) is 0 Å². The molecule has 122 valence electrons. The fourth-order valence-electron chi connectivity index (χ4n) is 1.89. The zero-order valence-electron chi connectivity index (χ0n) is 11.4. The van der Waals surface area contributed by atoms with Crippen molar-refractivity contribution in [3.05, 3.63) is 28.8 Å². The van der Waals surface area contributed by atoms with E-state index < -0.39 is 17.8 Å². The van der Waals surface area contributed by atoms with Gasteiger partial charge in [-0.1, -0.05) is 11.6 Å². The van der Waals surface area contributed by atoms with Crippen LogP contribution in [-0.2, 0) is 15.7 Å². The highest BCUT2D eigenvalue weighted by atomic mass is 35.5. The second kappa shape index (κ2) is 7.17. The van der Waals surface area contributed by atoms with Crippen molar-refractivity contribution in [2.45, 2.75) is 12.3 Å². The van der Waals surface area contributed by atoms with E-state index in [1.165, 1.54) is 6.07 Å². The Labute approximate surface area is 129 Å². The van der Waals surface area contributed by atoms with Crippen LogP contribution in [-0.4, -0.2) is 38.5 Å². The highest BCUT2D eigenvalue weighted by molar-refractivity contribution is 6.30. The maximum atomic E-state index is 12.9. The number of carbonyl (C=O) groups is 1. The van der Waals surface area contributed by atoms with Gasteiger partial charge in [0.05, 0.1) is 37.2 Å². The molecule has 1 aliphatic rings. The summed E-state index contributed by atoms with van der Waals surface area (Å²) in [6.45, 7) is 1.38. The number of urea groups is 1. The molecular weight excluding hydrogens is 325 g/mol. The van der Waals surface area contributed by atoms with Gasteiger partial charge in [0.15, 0.2) is 0 Å². The van der Waals surface area contributed by atoms with E-state index in [4.69, 9.17) is 21.1 Å². The predicted molar refractivity (Wildman–Crippen MR) is 74.0 cm³/mol. The Morgan fingerprint density at radius 1 is 1.36 bits per heavy atom. The SMILES string of the molecule is O=C(NC[C@H]1COCCO1)Nc1ccc(Cl)cc1C(F)(F)F. The molecule has 1 aliphatic heterocycles. The summed E-state index contributed by atoms with van der Waals surface area (Å²) in [5.41, 5.74) is -1.37. The third kappa shape index (κ3) is 4.75. The van der Waals surface area contributed by atoms with Gasteiger partial charge < -0.3 is 20.1 Å². The number of amides is 2. The van der Waals surface area contributed by atoms with E-state index >= 15 is 0 Å². The molecule has 0 saturated carbocycles. The molecule has 0 bridgehead atoms. The molecule has 2 amide bonds. The largest absolute Gasteiger partial charge is 0.418 e. The Bertz CT molecular complexity index is 534. The van der Waals surface area contributed by atoms with Crippen molar-refractivity contribution < 1.29 is 27.4 Å². The summed E-state index contributed by atoms with van der Waals surface area (Å²) >= 11 is 5.56. The van der Waals surface area contributed by atoms with E-state index in [0.717, 1.165) is 12.1 Å². The van der Waals surface area contributed by atoms with Crippen LogP contribution in [0.1, 0.15) is 5.56 Å². The van der Waals surface area contributed by atoms with Gasteiger partial charge in [-0.05, 0) is 18.2 Å². The van der Waals surface area contributed by atoms with E-state index in [-0.39, 0.29) is 23.4 Å². The Balaban J connectivity index is 1.96. The van der Waals surface area contributed by atoms with Crippen LogP contribution >= 0.6 is 11.6 Å². The van der Waals surface area contributed by atoms with Crippen LogP contribution in [0.15, 0.2) is 18.2 Å². The third-order valence-corrected chi connectivity index (χ3v) is 3.15. The van der Waals surface area contributed by atoms with Gasteiger partial charge in [0, 0.05) is 11.6 Å². The molecule has 2 rings (SSSR count). The van der Waals surface area contributed by atoms with Crippen LogP contribution in [0.4, 0.5) is 23.7 Å². The minimum Gasteiger partial charge on any atom is -0.376 e. The number of alkyl halides is 3. The standard InChI is InChI=1S/C13H14ClF3N2O3/c14-8-1-2-11(10(5-8)13(15,16)17)19-12(20)18-6-9-7-21-3-4-22-9/h1-2,5,9H,3-4,6-7H2,(H2,18,19,20)/t9-/m0/s1. The molecule has 1 fully saturated rings. The molecule has 0 spiro atoms. The normalized spacial score (nSPS) is 18.8. The summed E-state index contributed by atoms with van der Waals surface area (Å²) in [7, 11) is 0. The lowest BCUT2D eigenvalue weighted by molar-refractivity contribution is -0.136. The van der Waals surface area contributed by atoms with E-state index in [1.807, 2.05) is 0 Å². The van der Waals surface area contributed by atoms with E-state index in [1.54, 1.807) is 0 Å². The zero-order chi connectivity index (χ0) is 16.2. The summed E-state index contributed by atoms with van der Waals surface area (Å²) in [6.07, 6.45) is -4.93. The van der Waals surface area contributed by atoms with Crippen LogP contribution < -0.4 is 10.6 Å². The number of hydrogen-bond acceptors (Lipinski definition) is 3. The molecule has 22 heavy (non-hydrogen) atoms. The smallest absolute Gasteiger partial charge is 0.376 e. The monoisotopic (exact) mass is 338 g/mol. The van der Waals surface area contributed by atoms with Crippen molar-refractivity contribution in [3.8, 4) is 0 Å². The lowest BCUT2D eigenvalue weighted by atomic mass is 10.1. The first-order valence-electron chi connectivity index (χ1n) is 6.47. The number of halogens is 4. The van der Waals surface area contributed by atoms with Crippen molar-refractivity contribution >= 4 is 23.3 Å². The maximum Gasteiger partial charge on any atom is 0.418 e. The molecular formula is C13H14ClF3N2O3. The van der Waals surface area contributed by atoms with Crippen LogP contribution in [0.2, 0.25) is 5.02 Å². The summed E-state index contributed by atoms with van der Waals surface area (Å²) in [6, 6.07) is 2.37. The van der Waals surface area contributed by atoms with Gasteiger partial charge in [0.25, 0.3) is 0 Å². The topological polar surface area (TPSA) is 59.6 Å². The number of anilines is 1. The van der Waals surface area contributed by atoms with Gasteiger partial charge >= 0.3 is 12.2 Å². The van der Waals surface area contributed by atoms with E-state index in [2.05, 4.69) is 10.6 Å². The Hall–Kier alpha value is -1.51. The number of carbonyl (C=O) groups excluding carboxylic acids is 1. The highest BCUT2D eigenvalue weighted by Crippen LogP contribution is 2.36. The first kappa shape index (κ1) is 16.9. The van der Waals surface area contributed by atoms with Crippen LogP contribution in [0.25, 0.3) is 0 Å². The molecule has 0 aromatic heterocycles. The summed E-state index contributed by atoms with van der Waals surface area (Å²) in [5.74, 6) is 0. The van der Waals surface area contributed by atoms with Crippen molar-refractivity contribution in [2.75, 3.05) is 31.7 Å². The maximum absolute atomic E-state index is 12.9. The van der Waals surface area contributed by atoms with Gasteiger partial charge in [-0.15, -0.1) is 0 Å². The van der Waals surface area contributed by atoms with Crippen LogP contribution in [0, 0.1) is 0 Å². The van der Waals surface area contributed by atoms with Gasteiger partial charge in [0.2, 0.25) is 0 Å². The predicted octanol–water partition coefficient (Wildman–Crippen LogP) is 2.90. The molecule has 0 unspecified atom stereocenters. The molecule has 2 N–H and O–H groups in total. The average Bonchev–Trinajstić information content (AvgIpc) is 2.47. The first-order valence-corrected chi connectivity index (χ1v) is 6.85. The Morgan fingerprint density at radius 2 is 2.14 bits per heavy atom. The van der Waals surface area contributed by atoms with Crippen LogP contribution in [0.5, 0.6) is 0 Å². The van der Waals surface area contributed by atoms with Crippen molar-refractivity contribution in [1.82, 2.24) is 5.32 Å². The zero-order valence-corrected chi connectivity index (χ0v) is 12.1. The Kier molecular flexibility index (Phi) is 5.49. The van der Waals surface area contributed by atoms with Gasteiger partial charge in [-0.2, -0.15) is 13.2 Å². The lowest BCUT2D eigenvalue weighted by Gasteiger charge is -2.23. The third-order valence-electron chi connectivity index (χ3n) is 2.91. The molecule has 1 heterocycles.